The van der Waals surface area contributed by atoms with E-state index in [9.17, 15) is 9.59 Å². The first-order valence-electron chi connectivity index (χ1n) is 5.43. The molecule has 2 N–H and O–H groups in total. The Balaban J connectivity index is 2.39. The molecule has 1 saturated heterocycles. The molecule has 1 aromatic carbocycles. The van der Waals surface area contributed by atoms with E-state index in [1.54, 1.807) is 23.1 Å². The number of anilines is 1. The molecule has 0 aromatic heterocycles. The van der Waals surface area contributed by atoms with Crippen molar-refractivity contribution in [3.05, 3.63) is 29.8 Å². The van der Waals surface area contributed by atoms with Crippen LogP contribution in [0.15, 0.2) is 24.3 Å². The molecule has 2 rings (SSSR count). The number of carbonyl (C=O) groups is 2. The summed E-state index contributed by atoms with van der Waals surface area (Å²) < 4.78 is 0. The number of carboxylic acids is 2. The van der Waals surface area contributed by atoms with Crippen LogP contribution in [0.2, 0.25) is 0 Å². The molecule has 17 heavy (non-hydrogen) atoms. The minimum atomic E-state index is -1.03. The third-order valence-corrected chi connectivity index (χ3v) is 2.98. The van der Waals surface area contributed by atoms with Crippen molar-refractivity contribution in [1.29, 1.82) is 0 Å². The summed E-state index contributed by atoms with van der Waals surface area (Å²) in [7, 11) is 0. The lowest BCUT2D eigenvalue weighted by molar-refractivity contribution is -0.138. The number of hydrogen-bond donors (Lipinski definition) is 2. The Kier molecular flexibility index (Phi) is 2.99. The second kappa shape index (κ2) is 4.45. The lowest BCUT2D eigenvalue weighted by atomic mass is 10.1. The fourth-order valence-corrected chi connectivity index (χ4v) is 2.22. The fraction of sp³-hybridized carbons (Fsp3) is 0.333. The first-order chi connectivity index (χ1) is 8.11. The maximum absolute atomic E-state index is 11.1. The van der Waals surface area contributed by atoms with E-state index >= 15 is 0 Å². The second-order valence-corrected chi connectivity index (χ2v) is 4.01. The number of benzene rings is 1. The van der Waals surface area contributed by atoms with Crippen molar-refractivity contribution in [3.8, 4) is 0 Å². The summed E-state index contributed by atoms with van der Waals surface area (Å²) in [5.41, 5.74) is 0.644. The zero-order valence-electron chi connectivity index (χ0n) is 9.17. The molecule has 1 aromatic rings. The van der Waals surface area contributed by atoms with Crippen LogP contribution in [0.1, 0.15) is 23.2 Å². The first kappa shape index (κ1) is 11.4. The van der Waals surface area contributed by atoms with E-state index in [1.807, 2.05) is 0 Å². The lowest BCUT2D eigenvalue weighted by Gasteiger charge is -2.25. The Morgan fingerprint density at radius 3 is 2.59 bits per heavy atom. The minimum Gasteiger partial charge on any atom is -0.480 e. The molecular weight excluding hydrogens is 222 g/mol. The van der Waals surface area contributed by atoms with Gasteiger partial charge in [-0.3, -0.25) is 0 Å². The van der Waals surface area contributed by atoms with Crippen molar-refractivity contribution in [2.24, 2.45) is 0 Å². The van der Waals surface area contributed by atoms with Gasteiger partial charge in [-0.1, -0.05) is 12.1 Å². The largest absolute Gasteiger partial charge is 0.480 e. The standard InChI is InChI=1S/C12H13NO4/c14-11(15)8-4-1-2-5-9(8)13-7-3-6-10(13)12(16)17/h1-2,4-5,10H,3,6-7H2,(H,14,15)(H,16,17). The van der Waals surface area contributed by atoms with Crippen LogP contribution in [0.25, 0.3) is 0 Å². The topological polar surface area (TPSA) is 77.8 Å². The lowest BCUT2D eigenvalue weighted by Crippen LogP contribution is -2.36. The highest BCUT2D eigenvalue weighted by molar-refractivity contribution is 5.95. The van der Waals surface area contributed by atoms with Crippen molar-refractivity contribution in [2.45, 2.75) is 18.9 Å². The Labute approximate surface area is 98.3 Å². The highest BCUT2D eigenvalue weighted by Crippen LogP contribution is 2.28. The SMILES string of the molecule is O=C(O)c1ccccc1N1CCCC1C(=O)O. The Hall–Kier alpha value is -2.04. The van der Waals surface area contributed by atoms with Gasteiger partial charge in [0.05, 0.1) is 11.3 Å². The number of hydrogen-bond acceptors (Lipinski definition) is 3. The van der Waals surface area contributed by atoms with Crippen molar-refractivity contribution in [1.82, 2.24) is 0 Å². The van der Waals surface area contributed by atoms with E-state index in [4.69, 9.17) is 10.2 Å². The molecule has 0 amide bonds. The van der Waals surface area contributed by atoms with E-state index in [-0.39, 0.29) is 5.56 Å². The Morgan fingerprint density at radius 1 is 1.24 bits per heavy atom. The normalized spacial score (nSPS) is 19.3. The van der Waals surface area contributed by atoms with Gasteiger partial charge < -0.3 is 15.1 Å². The molecule has 0 radical (unpaired) electrons. The molecule has 1 aliphatic rings. The highest BCUT2D eigenvalue weighted by Gasteiger charge is 2.32. The Morgan fingerprint density at radius 2 is 1.94 bits per heavy atom. The van der Waals surface area contributed by atoms with Gasteiger partial charge in [0.1, 0.15) is 6.04 Å². The van der Waals surface area contributed by atoms with Crippen LogP contribution in [0.5, 0.6) is 0 Å². The van der Waals surface area contributed by atoms with Crippen molar-refractivity contribution >= 4 is 17.6 Å². The minimum absolute atomic E-state index is 0.153. The van der Waals surface area contributed by atoms with Gasteiger partial charge in [-0.2, -0.15) is 0 Å². The van der Waals surface area contributed by atoms with Gasteiger partial charge in [0.2, 0.25) is 0 Å². The van der Waals surface area contributed by atoms with Crippen LogP contribution >= 0.6 is 0 Å². The second-order valence-electron chi connectivity index (χ2n) is 4.01. The predicted molar refractivity (Wildman–Crippen MR) is 61.4 cm³/mol. The summed E-state index contributed by atoms with van der Waals surface area (Å²) in [6.07, 6.45) is 1.33. The molecule has 1 unspecified atom stereocenters. The third-order valence-electron chi connectivity index (χ3n) is 2.98. The molecule has 1 fully saturated rings. The molecule has 90 valence electrons. The van der Waals surface area contributed by atoms with Crippen LogP contribution in [0, 0.1) is 0 Å². The van der Waals surface area contributed by atoms with Gasteiger partial charge in [0, 0.05) is 6.54 Å². The molecule has 0 spiro atoms. The summed E-state index contributed by atoms with van der Waals surface area (Å²) in [4.78, 5) is 23.8. The average Bonchev–Trinajstić information content (AvgIpc) is 2.77. The van der Waals surface area contributed by atoms with Gasteiger partial charge in [0.25, 0.3) is 0 Å². The maximum Gasteiger partial charge on any atom is 0.337 e. The molecule has 5 nitrogen and oxygen atoms in total. The number of nitrogens with zero attached hydrogens (tertiary/aromatic N) is 1. The van der Waals surface area contributed by atoms with Gasteiger partial charge in [0.15, 0.2) is 0 Å². The zero-order valence-corrected chi connectivity index (χ0v) is 9.17. The smallest absolute Gasteiger partial charge is 0.337 e. The summed E-state index contributed by atoms with van der Waals surface area (Å²) in [6, 6.07) is 5.90. The Bertz CT molecular complexity index is 458. The van der Waals surface area contributed by atoms with Gasteiger partial charge in [-0.05, 0) is 25.0 Å². The van der Waals surface area contributed by atoms with E-state index < -0.39 is 18.0 Å². The quantitative estimate of drug-likeness (QED) is 0.828. The van der Waals surface area contributed by atoms with Gasteiger partial charge >= 0.3 is 11.9 Å². The molecular formula is C12H13NO4. The van der Waals surface area contributed by atoms with Crippen molar-refractivity contribution in [2.75, 3.05) is 11.4 Å². The van der Waals surface area contributed by atoms with Crippen molar-refractivity contribution < 1.29 is 19.8 Å². The number of aromatic carboxylic acids is 1. The molecule has 5 heteroatoms. The van der Waals surface area contributed by atoms with Crippen LogP contribution < -0.4 is 4.90 Å². The summed E-state index contributed by atoms with van der Waals surface area (Å²) >= 11 is 0. The number of aliphatic carboxylic acids is 1. The third kappa shape index (κ3) is 2.08. The molecule has 0 aliphatic carbocycles. The maximum atomic E-state index is 11.1. The van der Waals surface area contributed by atoms with E-state index in [1.165, 1.54) is 6.07 Å². The van der Waals surface area contributed by atoms with Gasteiger partial charge in [-0.25, -0.2) is 9.59 Å². The predicted octanol–water partition coefficient (Wildman–Crippen LogP) is 1.44. The van der Waals surface area contributed by atoms with Crippen LogP contribution in [-0.4, -0.2) is 34.7 Å². The summed E-state index contributed by atoms with van der Waals surface area (Å²) in [6.45, 7) is 0.585. The first-order valence-corrected chi connectivity index (χ1v) is 5.43. The van der Waals surface area contributed by atoms with E-state index in [2.05, 4.69) is 0 Å². The van der Waals surface area contributed by atoms with E-state index in [0.29, 0.717) is 18.7 Å². The van der Waals surface area contributed by atoms with E-state index in [0.717, 1.165) is 6.42 Å². The fourth-order valence-electron chi connectivity index (χ4n) is 2.22. The van der Waals surface area contributed by atoms with Crippen LogP contribution in [-0.2, 0) is 4.79 Å². The summed E-state index contributed by atoms with van der Waals surface area (Å²) in [5, 5.41) is 18.2. The van der Waals surface area contributed by atoms with Crippen LogP contribution in [0.4, 0.5) is 5.69 Å². The molecule has 0 bridgehead atoms. The number of rotatable bonds is 3. The molecule has 1 aliphatic heterocycles. The van der Waals surface area contributed by atoms with Crippen molar-refractivity contribution in [3.63, 3.8) is 0 Å². The monoisotopic (exact) mass is 235 g/mol. The number of carboxylic acid groups (broad SMARTS) is 2. The molecule has 1 heterocycles. The highest BCUT2D eigenvalue weighted by atomic mass is 16.4. The molecule has 0 saturated carbocycles. The van der Waals surface area contributed by atoms with Gasteiger partial charge in [-0.15, -0.1) is 0 Å². The zero-order chi connectivity index (χ0) is 12.4. The molecule has 1 atom stereocenters. The summed E-state index contributed by atoms with van der Waals surface area (Å²) in [5.74, 6) is -1.93. The van der Waals surface area contributed by atoms with Crippen LogP contribution in [0.3, 0.4) is 0 Å². The average molecular weight is 235 g/mol. The number of para-hydroxylation sites is 1.